The SMILES string of the molecule is Cc1ccc2cc(C(=O)NC3CCCc4c3cnn4Cc3ccccc3)c(C)nc2c1. The first-order valence-electron chi connectivity index (χ1n) is 10.9. The van der Waals surface area contributed by atoms with Gasteiger partial charge in [0.15, 0.2) is 0 Å². The van der Waals surface area contributed by atoms with Crippen molar-refractivity contribution in [2.45, 2.75) is 45.7 Å². The average Bonchev–Trinajstić information content (AvgIpc) is 3.17. The van der Waals surface area contributed by atoms with Crippen molar-refractivity contribution in [1.82, 2.24) is 20.1 Å². The second-order valence-corrected chi connectivity index (χ2v) is 8.43. The minimum atomic E-state index is -0.0684. The van der Waals surface area contributed by atoms with E-state index in [1.54, 1.807) is 0 Å². The van der Waals surface area contributed by atoms with E-state index in [0.717, 1.165) is 48.0 Å². The Morgan fingerprint density at radius 1 is 1.13 bits per heavy atom. The summed E-state index contributed by atoms with van der Waals surface area (Å²) in [5, 5.41) is 8.88. The van der Waals surface area contributed by atoms with Crippen LogP contribution in [0.15, 0.2) is 60.8 Å². The van der Waals surface area contributed by atoms with Gasteiger partial charge in [0.2, 0.25) is 0 Å². The van der Waals surface area contributed by atoms with E-state index in [9.17, 15) is 4.79 Å². The highest BCUT2D eigenvalue weighted by Gasteiger charge is 2.26. The van der Waals surface area contributed by atoms with Gasteiger partial charge in [-0.1, -0.05) is 42.5 Å². The second kappa shape index (κ2) is 7.99. The molecule has 5 heteroatoms. The standard InChI is InChI=1S/C26H26N4O/c1-17-11-12-20-14-21(18(2)28-24(20)13-17)26(31)29-23-9-6-10-25-22(23)15-27-30(25)16-19-7-4-3-5-8-19/h3-5,7-8,11-15,23H,6,9-10,16H2,1-2H3,(H,29,31). The predicted molar refractivity (Wildman–Crippen MR) is 122 cm³/mol. The highest BCUT2D eigenvalue weighted by Crippen LogP contribution is 2.30. The van der Waals surface area contributed by atoms with Gasteiger partial charge in [-0.2, -0.15) is 5.10 Å². The van der Waals surface area contributed by atoms with Gasteiger partial charge in [-0.25, -0.2) is 0 Å². The second-order valence-electron chi connectivity index (χ2n) is 8.43. The summed E-state index contributed by atoms with van der Waals surface area (Å²) >= 11 is 0. The van der Waals surface area contributed by atoms with Gasteiger partial charge in [0, 0.05) is 16.6 Å². The molecule has 4 aromatic rings. The highest BCUT2D eigenvalue weighted by atomic mass is 16.1. The minimum absolute atomic E-state index is 0.0195. The summed E-state index contributed by atoms with van der Waals surface area (Å²) in [7, 11) is 0. The fourth-order valence-electron chi connectivity index (χ4n) is 4.50. The zero-order valence-corrected chi connectivity index (χ0v) is 17.9. The molecule has 156 valence electrons. The number of pyridine rings is 1. The summed E-state index contributed by atoms with van der Waals surface area (Å²) in [5.41, 5.74) is 7.08. The topological polar surface area (TPSA) is 59.8 Å². The van der Waals surface area contributed by atoms with Crippen LogP contribution in [-0.2, 0) is 13.0 Å². The number of fused-ring (bicyclic) bond motifs is 2. The molecule has 2 heterocycles. The first kappa shape index (κ1) is 19.5. The summed E-state index contributed by atoms with van der Waals surface area (Å²) in [4.78, 5) is 17.8. The average molecular weight is 411 g/mol. The molecule has 5 nitrogen and oxygen atoms in total. The van der Waals surface area contributed by atoms with Gasteiger partial charge < -0.3 is 5.32 Å². The molecule has 1 aliphatic carbocycles. The van der Waals surface area contributed by atoms with Crippen molar-refractivity contribution in [3.63, 3.8) is 0 Å². The van der Waals surface area contributed by atoms with Gasteiger partial charge >= 0.3 is 0 Å². The van der Waals surface area contributed by atoms with Crippen LogP contribution >= 0.6 is 0 Å². The van der Waals surface area contributed by atoms with Crippen molar-refractivity contribution in [3.05, 3.63) is 94.4 Å². The molecule has 1 aliphatic rings. The largest absolute Gasteiger partial charge is 0.345 e. The lowest BCUT2D eigenvalue weighted by atomic mass is 9.92. The Morgan fingerprint density at radius 2 is 1.97 bits per heavy atom. The molecule has 0 radical (unpaired) electrons. The monoisotopic (exact) mass is 410 g/mol. The molecule has 0 fully saturated rings. The number of hydrogen-bond donors (Lipinski definition) is 1. The van der Waals surface area contributed by atoms with Crippen LogP contribution in [0.2, 0.25) is 0 Å². The van der Waals surface area contributed by atoms with Crippen LogP contribution in [0, 0.1) is 13.8 Å². The molecule has 0 saturated carbocycles. The molecular formula is C26H26N4O. The summed E-state index contributed by atoms with van der Waals surface area (Å²) in [6.07, 6.45) is 4.88. The van der Waals surface area contributed by atoms with Crippen molar-refractivity contribution < 1.29 is 4.79 Å². The van der Waals surface area contributed by atoms with Gasteiger partial charge in [-0.15, -0.1) is 0 Å². The summed E-state index contributed by atoms with van der Waals surface area (Å²) < 4.78 is 2.08. The molecule has 1 atom stereocenters. The number of hydrogen-bond acceptors (Lipinski definition) is 3. The van der Waals surface area contributed by atoms with Crippen molar-refractivity contribution >= 4 is 16.8 Å². The number of aromatic nitrogens is 3. The normalized spacial score (nSPS) is 15.6. The maximum absolute atomic E-state index is 13.2. The van der Waals surface area contributed by atoms with Crippen molar-refractivity contribution in [1.29, 1.82) is 0 Å². The van der Waals surface area contributed by atoms with E-state index in [-0.39, 0.29) is 11.9 Å². The molecule has 0 spiro atoms. The lowest BCUT2D eigenvalue weighted by Gasteiger charge is -2.24. The lowest BCUT2D eigenvalue weighted by molar-refractivity contribution is 0.0931. The zero-order valence-electron chi connectivity index (χ0n) is 17.9. The zero-order chi connectivity index (χ0) is 21.4. The Labute approximate surface area is 182 Å². The smallest absolute Gasteiger partial charge is 0.253 e. The highest BCUT2D eigenvalue weighted by molar-refractivity contribution is 5.98. The molecule has 0 aliphatic heterocycles. The van der Waals surface area contributed by atoms with Crippen molar-refractivity contribution in [2.24, 2.45) is 0 Å². The van der Waals surface area contributed by atoms with E-state index >= 15 is 0 Å². The van der Waals surface area contributed by atoms with Gasteiger partial charge in [0.05, 0.1) is 35.6 Å². The Hall–Kier alpha value is -3.47. The Kier molecular flexibility index (Phi) is 5.02. The maximum Gasteiger partial charge on any atom is 0.253 e. The number of benzene rings is 2. The number of nitrogens with zero attached hydrogens (tertiary/aromatic N) is 3. The van der Waals surface area contributed by atoms with Crippen LogP contribution in [0.1, 0.15) is 57.3 Å². The van der Waals surface area contributed by atoms with Gasteiger partial charge in [0.25, 0.3) is 5.91 Å². The summed E-state index contributed by atoms with van der Waals surface area (Å²) in [6, 6.07) is 18.4. The fraction of sp³-hybridized carbons (Fsp3) is 0.269. The number of carbonyl (C=O) groups excluding carboxylic acids is 1. The molecule has 31 heavy (non-hydrogen) atoms. The van der Waals surface area contributed by atoms with Crippen molar-refractivity contribution in [2.75, 3.05) is 0 Å². The molecule has 2 aromatic heterocycles. The number of carbonyl (C=O) groups is 1. The Bertz CT molecular complexity index is 1260. The molecule has 2 aromatic carbocycles. The van der Waals surface area contributed by atoms with E-state index in [2.05, 4.69) is 63.4 Å². The van der Waals surface area contributed by atoms with E-state index < -0.39 is 0 Å². The third-order valence-electron chi connectivity index (χ3n) is 6.15. The Balaban J connectivity index is 1.39. The molecule has 1 amide bonds. The van der Waals surface area contributed by atoms with Crippen LogP contribution in [0.25, 0.3) is 10.9 Å². The van der Waals surface area contributed by atoms with E-state index in [0.29, 0.717) is 5.56 Å². The molecule has 5 rings (SSSR count). The van der Waals surface area contributed by atoms with Crippen molar-refractivity contribution in [3.8, 4) is 0 Å². The first-order chi connectivity index (χ1) is 15.1. The van der Waals surface area contributed by atoms with Gasteiger partial charge in [-0.05, 0) is 56.4 Å². The molecule has 0 saturated heterocycles. The molecule has 0 bridgehead atoms. The number of rotatable bonds is 4. The van der Waals surface area contributed by atoms with Gasteiger partial charge in [-0.3, -0.25) is 14.5 Å². The number of aryl methyl sites for hydroxylation is 2. The third kappa shape index (κ3) is 3.83. The van der Waals surface area contributed by atoms with E-state index in [1.165, 1.54) is 16.8 Å². The van der Waals surface area contributed by atoms with E-state index in [4.69, 9.17) is 0 Å². The minimum Gasteiger partial charge on any atom is -0.345 e. The predicted octanol–water partition coefficient (Wildman–Crippen LogP) is 4.90. The van der Waals surface area contributed by atoms with Crippen LogP contribution in [0.4, 0.5) is 0 Å². The van der Waals surface area contributed by atoms with Crippen LogP contribution < -0.4 is 5.32 Å². The Morgan fingerprint density at radius 3 is 2.81 bits per heavy atom. The molecular weight excluding hydrogens is 384 g/mol. The number of amides is 1. The third-order valence-corrected chi connectivity index (χ3v) is 6.15. The summed E-state index contributed by atoms with van der Waals surface area (Å²) in [6.45, 7) is 4.71. The quantitative estimate of drug-likeness (QED) is 0.520. The summed E-state index contributed by atoms with van der Waals surface area (Å²) in [5.74, 6) is -0.0684. The van der Waals surface area contributed by atoms with Crippen LogP contribution in [0.5, 0.6) is 0 Å². The maximum atomic E-state index is 13.2. The lowest BCUT2D eigenvalue weighted by Crippen LogP contribution is -2.31. The first-order valence-corrected chi connectivity index (χ1v) is 10.9. The molecule has 1 N–H and O–H groups in total. The van der Waals surface area contributed by atoms with Crippen LogP contribution in [-0.4, -0.2) is 20.7 Å². The van der Waals surface area contributed by atoms with Gasteiger partial charge in [0.1, 0.15) is 0 Å². The number of nitrogens with one attached hydrogen (secondary N) is 1. The molecule has 1 unspecified atom stereocenters. The van der Waals surface area contributed by atoms with Crippen LogP contribution in [0.3, 0.4) is 0 Å². The fourth-order valence-corrected chi connectivity index (χ4v) is 4.50. The van der Waals surface area contributed by atoms with E-state index in [1.807, 2.05) is 31.3 Å².